The topological polar surface area (TPSA) is 105 Å². The first-order valence-corrected chi connectivity index (χ1v) is 11.9. The average molecular weight is 484 g/mol. The Hall–Kier alpha value is -2.94. The second-order valence-corrected chi connectivity index (χ2v) is 9.34. The molecule has 1 amide bonds. The van der Waals surface area contributed by atoms with Crippen molar-refractivity contribution in [3.63, 3.8) is 0 Å². The number of furan rings is 1. The Bertz CT molecular complexity index is 1180. The van der Waals surface area contributed by atoms with Crippen molar-refractivity contribution in [3.05, 3.63) is 58.9 Å². The molecular formula is C25H26ClN3O5. The molecule has 1 aliphatic heterocycles. The standard InChI is InChI=1S/C25H26ClN3O5/c26-17-4-7-20-16(11-17)12-21(34-20)24(31)25(32)28-19(14-29-9-1-2-10-29)23(30)15-3-8-22(27-13-15)33-18-5-6-18/h3-4,7-8,11-13,18-19,23,30H,1-2,5-6,9-10,14H2,(H,28,32)/t19-,23-/m1/s1. The molecular weight excluding hydrogens is 458 g/mol. The summed E-state index contributed by atoms with van der Waals surface area (Å²) in [7, 11) is 0. The van der Waals surface area contributed by atoms with Crippen LogP contribution in [-0.4, -0.2) is 58.5 Å². The number of aliphatic hydroxyl groups is 1. The molecule has 1 aliphatic carbocycles. The minimum absolute atomic E-state index is 0.0765. The Morgan fingerprint density at radius 2 is 2.00 bits per heavy atom. The van der Waals surface area contributed by atoms with Crippen molar-refractivity contribution in [1.82, 2.24) is 15.2 Å². The first kappa shape index (κ1) is 22.8. The number of hydrogen-bond acceptors (Lipinski definition) is 7. The van der Waals surface area contributed by atoms with E-state index in [0.29, 0.717) is 34.0 Å². The molecule has 9 heteroatoms. The summed E-state index contributed by atoms with van der Waals surface area (Å²) in [6, 6.07) is 9.22. The quantitative estimate of drug-likeness (QED) is 0.354. The number of Topliss-reactive ketones (excluding diaryl/α,β-unsaturated/α-hetero) is 1. The molecule has 1 aromatic carbocycles. The lowest BCUT2D eigenvalue weighted by atomic mass is 10.0. The van der Waals surface area contributed by atoms with Gasteiger partial charge in [-0.25, -0.2) is 4.98 Å². The number of aromatic nitrogens is 1. The van der Waals surface area contributed by atoms with Gasteiger partial charge in [0, 0.05) is 34.8 Å². The zero-order valence-corrected chi connectivity index (χ0v) is 19.3. The average Bonchev–Trinajstić information content (AvgIpc) is 3.31. The maximum Gasteiger partial charge on any atom is 0.296 e. The molecule has 2 N–H and O–H groups in total. The van der Waals surface area contributed by atoms with Gasteiger partial charge in [0.2, 0.25) is 5.88 Å². The van der Waals surface area contributed by atoms with Gasteiger partial charge in [0.25, 0.3) is 11.7 Å². The van der Waals surface area contributed by atoms with E-state index >= 15 is 0 Å². The van der Waals surface area contributed by atoms with Gasteiger partial charge < -0.3 is 24.5 Å². The van der Waals surface area contributed by atoms with E-state index in [0.717, 1.165) is 38.8 Å². The molecule has 5 rings (SSSR count). The van der Waals surface area contributed by atoms with E-state index in [1.807, 2.05) is 0 Å². The molecule has 0 unspecified atom stereocenters. The molecule has 8 nitrogen and oxygen atoms in total. The number of nitrogens with one attached hydrogen (secondary N) is 1. The minimum atomic E-state index is -1.05. The number of ether oxygens (including phenoxy) is 1. The number of pyridine rings is 1. The number of amides is 1. The van der Waals surface area contributed by atoms with E-state index in [1.165, 1.54) is 6.07 Å². The molecule has 2 aliphatic rings. The third-order valence-corrected chi connectivity index (χ3v) is 6.41. The highest BCUT2D eigenvalue weighted by atomic mass is 35.5. The van der Waals surface area contributed by atoms with Gasteiger partial charge in [-0.15, -0.1) is 0 Å². The van der Waals surface area contributed by atoms with Crippen LogP contribution < -0.4 is 10.1 Å². The molecule has 3 aromatic rings. The highest BCUT2D eigenvalue weighted by Gasteiger charge is 2.31. The van der Waals surface area contributed by atoms with E-state index in [1.54, 1.807) is 36.5 Å². The molecule has 3 heterocycles. The van der Waals surface area contributed by atoms with Gasteiger partial charge in [-0.1, -0.05) is 11.6 Å². The summed E-state index contributed by atoms with van der Waals surface area (Å²) < 4.78 is 11.2. The lowest BCUT2D eigenvalue weighted by molar-refractivity contribution is -0.118. The third kappa shape index (κ3) is 5.24. The number of aliphatic hydroxyl groups excluding tert-OH is 1. The van der Waals surface area contributed by atoms with Crippen LogP contribution in [-0.2, 0) is 4.79 Å². The molecule has 2 aromatic heterocycles. The van der Waals surface area contributed by atoms with E-state index in [4.69, 9.17) is 20.8 Å². The predicted octanol–water partition coefficient (Wildman–Crippen LogP) is 3.52. The maximum atomic E-state index is 12.9. The van der Waals surface area contributed by atoms with Gasteiger partial charge in [-0.05, 0) is 69.1 Å². The van der Waals surface area contributed by atoms with Crippen molar-refractivity contribution >= 4 is 34.3 Å². The molecule has 1 saturated carbocycles. The van der Waals surface area contributed by atoms with E-state index < -0.39 is 23.8 Å². The van der Waals surface area contributed by atoms with Gasteiger partial charge in [-0.2, -0.15) is 0 Å². The summed E-state index contributed by atoms with van der Waals surface area (Å²) in [4.78, 5) is 32.2. The first-order chi connectivity index (χ1) is 16.5. The normalized spacial score (nSPS) is 18.1. The predicted molar refractivity (Wildman–Crippen MR) is 126 cm³/mol. The summed E-state index contributed by atoms with van der Waals surface area (Å²) in [6.07, 6.45) is 4.92. The maximum absolute atomic E-state index is 12.9. The number of likely N-dealkylation sites (tertiary alicyclic amines) is 1. The van der Waals surface area contributed by atoms with Crippen LogP contribution in [0.15, 0.2) is 47.0 Å². The van der Waals surface area contributed by atoms with Crippen molar-refractivity contribution in [2.75, 3.05) is 19.6 Å². The summed E-state index contributed by atoms with van der Waals surface area (Å²) in [6.45, 7) is 2.17. The van der Waals surface area contributed by atoms with Crippen molar-refractivity contribution in [1.29, 1.82) is 0 Å². The van der Waals surface area contributed by atoms with E-state index in [9.17, 15) is 14.7 Å². The van der Waals surface area contributed by atoms with Crippen LogP contribution in [0.1, 0.15) is 47.9 Å². The van der Waals surface area contributed by atoms with Crippen molar-refractivity contribution < 1.29 is 23.8 Å². The fraction of sp³-hybridized carbons (Fsp3) is 0.400. The molecule has 178 valence electrons. The number of fused-ring (bicyclic) bond motifs is 1. The van der Waals surface area contributed by atoms with Crippen LogP contribution in [0.25, 0.3) is 11.0 Å². The molecule has 34 heavy (non-hydrogen) atoms. The third-order valence-electron chi connectivity index (χ3n) is 6.17. The fourth-order valence-electron chi connectivity index (χ4n) is 4.17. The van der Waals surface area contributed by atoms with Crippen LogP contribution >= 0.6 is 11.6 Å². The summed E-state index contributed by atoms with van der Waals surface area (Å²) in [5.74, 6) is -1.21. The highest BCUT2D eigenvalue weighted by molar-refractivity contribution is 6.42. The van der Waals surface area contributed by atoms with Crippen molar-refractivity contribution in [2.45, 2.75) is 43.9 Å². The first-order valence-electron chi connectivity index (χ1n) is 11.5. The van der Waals surface area contributed by atoms with Crippen molar-refractivity contribution in [3.8, 4) is 5.88 Å². The molecule has 0 bridgehead atoms. The second kappa shape index (κ2) is 9.74. The number of benzene rings is 1. The van der Waals surface area contributed by atoms with Crippen molar-refractivity contribution in [2.24, 2.45) is 0 Å². The highest BCUT2D eigenvalue weighted by Crippen LogP contribution is 2.27. The summed E-state index contributed by atoms with van der Waals surface area (Å²) in [5.41, 5.74) is 1.01. The van der Waals surface area contributed by atoms with Crippen LogP contribution in [0.5, 0.6) is 5.88 Å². The van der Waals surface area contributed by atoms with Crippen LogP contribution in [0, 0.1) is 0 Å². The smallest absolute Gasteiger partial charge is 0.296 e. The van der Waals surface area contributed by atoms with Gasteiger partial charge in [0.15, 0.2) is 5.76 Å². The molecule has 0 radical (unpaired) electrons. The van der Waals surface area contributed by atoms with Crippen LogP contribution in [0.4, 0.5) is 0 Å². The van der Waals surface area contributed by atoms with Gasteiger partial charge >= 0.3 is 0 Å². The number of hydrogen-bond donors (Lipinski definition) is 2. The Morgan fingerprint density at radius 3 is 2.71 bits per heavy atom. The number of nitrogens with zero attached hydrogens (tertiary/aromatic N) is 2. The number of ketones is 1. The summed E-state index contributed by atoms with van der Waals surface area (Å²) in [5, 5.41) is 15.0. The Kier molecular flexibility index (Phi) is 6.54. The number of rotatable bonds is 9. The fourth-order valence-corrected chi connectivity index (χ4v) is 4.35. The molecule has 2 fully saturated rings. The number of carbonyl (C=O) groups is 2. The minimum Gasteiger partial charge on any atom is -0.474 e. The molecule has 2 atom stereocenters. The van der Waals surface area contributed by atoms with Gasteiger partial charge in [0.1, 0.15) is 17.8 Å². The number of carbonyl (C=O) groups excluding carboxylic acids is 2. The van der Waals surface area contributed by atoms with Gasteiger partial charge in [0.05, 0.1) is 6.04 Å². The number of halogens is 1. The monoisotopic (exact) mass is 483 g/mol. The second-order valence-electron chi connectivity index (χ2n) is 8.90. The Balaban J connectivity index is 1.31. The van der Waals surface area contributed by atoms with E-state index in [2.05, 4.69) is 15.2 Å². The molecule has 1 saturated heterocycles. The lowest BCUT2D eigenvalue weighted by Gasteiger charge is -2.28. The largest absolute Gasteiger partial charge is 0.474 e. The summed E-state index contributed by atoms with van der Waals surface area (Å²) >= 11 is 6.00. The van der Waals surface area contributed by atoms with Gasteiger partial charge in [-0.3, -0.25) is 9.59 Å². The zero-order chi connectivity index (χ0) is 23.7. The van der Waals surface area contributed by atoms with Crippen LogP contribution in [0.2, 0.25) is 5.02 Å². The Labute approximate surface area is 201 Å². The zero-order valence-electron chi connectivity index (χ0n) is 18.6. The van der Waals surface area contributed by atoms with Crippen LogP contribution in [0.3, 0.4) is 0 Å². The lowest BCUT2D eigenvalue weighted by Crippen LogP contribution is -2.48. The SMILES string of the molecule is O=C(N[C@H](CN1CCCC1)[C@H](O)c1ccc(OC2CC2)nc1)C(=O)c1cc2cc(Cl)ccc2o1. The molecule has 0 spiro atoms. The Morgan fingerprint density at radius 1 is 1.21 bits per heavy atom. The van der Waals surface area contributed by atoms with E-state index in [-0.39, 0.29) is 11.9 Å².